The van der Waals surface area contributed by atoms with Gasteiger partial charge in [-0.1, -0.05) is 35.6 Å². The van der Waals surface area contributed by atoms with Crippen LogP contribution in [0, 0.1) is 6.92 Å². The number of halogens is 6. The van der Waals surface area contributed by atoms with Crippen molar-refractivity contribution in [3.05, 3.63) is 75.6 Å². The summed E-state index contributed by atoms with van der Waals surface area (Å²) in [5, 5.41) is 10.0. The summed E-state index contributed by atoms with van der Waals surface area (Å²) in [4.78, 5) is 13.9. The highest BCUT2D eigenvalue weighted by Crippen LogP contribution is 2.52. The molecule has 0 aliphatic heterocycles. The molecular weight excluding hydrogens is 520 g/mol. The Hall–Kier alpha value is -2.87. The molecule has 2 heterocycles. The van der Waals surface area contributed by atoms with Crippen LogP contribution in [0.15, 0.2) is 73.2 Å². The largest absolute Gasteiger partial charge is 0.605 e. The molecule has 1 unspecified atom stereocenters. The Morgan fingerprint density at radius 1 is 1.00 bits per heavy atom. The van der Waals surface area contributed by atoms with Gasteiger partial charge in [0.1, 0.15) is 5.58 Å². The Morgan fingerprint density at radius 3 is 2.29 bits per heavy atom. The minimum absolute atomic E-state index is 0.0143. The molecule has 0 saturated carbocycles. The zero-order valence-electron chi connectivity index (χ0n) is 17.4. The van der Waals surface area contributed by atoms with Crippen molar-refractivity contribution in [2.24, 2.45) is 0 Å². The van der Waals surface area contributed by atoms with E-state index in [1.54, 1.807) is 12.1 Å². The number of aryl methyl sites for hydroxylation is 1. The summed E-state index contributed by atoms with van der Waals surface area (Å²) < 4.78 is 96.3. The van der Waals surface area contributed by atoms with Crippen LogP contribution in [0.4, 0.5) is 26.3 Å². The zero-order chi connectivity index (χ0) is 25.8. The molecule has 13 heteroatoms. The van der Waals surface area contributed by atoms with E-state index in [1.807, 2.05) is 19.1 Å². The second-order valence-electron chi connectivity index (χ2n) is 7.42. The van der Waals surface area contributed by atoms with Gasteiger partial charge < -0.3 is 14.1 Å². The molecule has 0 aliphatic carbocycles. The van der Waals surface area contributed by atoms with Crippen molar-refractivity contribution in [2.45, 2.75) is 34.1 Å². The maximum atomic E-state index is 13.1. The summed E-state index contributed by atoms with van der Waals surface area (Å²) in [5.74, 6) is 0. The van der Waals surface area contributed by atoms with Crippen molar-refractivity contribution in [3.8, 4) is 11.1 Å². The number of nitrogens with zero attached hydrogens (tertiary/aromatic N) is 1. The first kappa shape index (κ1) is 25.2. The maximum absolute atomic E-state index is 13.1. The van der Waals surface area contributed by atoms with E-state index in [2.05, 4.69) is 4.98 Å². The second kappa shape index (κ2) is 8.66. The highest BCUT2D eigenvalue weighted by molar-refractivity contribution is 7.93. The number of rotatable bonds is 4. The van der Waals surface area contributed by atoms with Crippen LogP contribution in [0.1, 0.15) is 10.4 Å². The van der Waals surface area contributed by atoms with Crippen molar-refractivity contribution in [2.75, 3.05) is 0 Å². The number of hydrogen-bond donors (Lipinski definition) is 1. The van der Waals surface area contributed by atoms with Gasteiger partial charge in [-0.15, -0.1) is 0 Å². The average Bonchev–Trinajstić information content (AvgIpc) is 3.26. The van der Waals surface area contributed by atoms with Gasteiger partial charge in [-0.3, -0.25) is 0 Å². The van der Waals surface area contributed by atoms with Gasteiger partial charge in [-0.25, -0.2) is 4.79 Å². The Balaban J connectivity index is 1.77. The Labute approximate surface area is 199 Å². The SMILES string of the molecule is Cc1ccccc1-c1cc(=O)oc2cc([S+]([O-])c3ncc(C(O)(C(F)(F)F)C(F)(F)F)s3)ccc12. The number of hydrogen-bond acceptors (Lipinski definition) is 6. The first-order valence-electron chi connectivity index (χ1n) is 9.62. The molecule has 2 aromatic heterocycles. The smallest absolute Gasteiger partial charge is 0.431 e. The number of alkyl halides is 6. The Kier molecular flexibility index (Phi) is 6.24. The molecule has 0 aliphatic rings. The normalized spacial score (nSPS) is 13.9. The fourth-order valence-corrected chi connectivity index (χ4v) is 5.80. The fraction of sp³-hybridized carbons (Fsp3) is 0.182. The van der Waals surface area contributed by atoms with Crippen LogP contribution in [0.3, 0.4) is 0 Å². The summed E-state index contributed by atoms with van der Waals surface area (Å²) in [7, 11) is 0. The molecule has 0 bridgehead atoms. The molecule has 0 amide bonds. The Bertz CT molecular complexity index is 1450. The second-order valence-corrected chi connectivity index (χ2v) is 10.1. The van der Waals surface area contributed by atoms with Gasteiger partial charge in [0, 0.05) is 23.1 Å². The lowest BCUT2D eigenvalue weighted by molar-refractivity contribution is -0.375. The maximum Gasteiger partial charge on any atom is 0.431 e. The van der Waals surface area contributed by atoms with E-state index in [0.717, 1.165) is 11.1 Å². The fourth-order valence-electron chi connectivity index (χ4n) is 3.41. The number of aliphatic hydroxyl groups is 1. The monoisotopic (exact) mass is 533 g/mol. The topological polar surface area (TPSA) is 86.4 Å². The predicted molar refractivity (Wildman–Crippen MR) is 115 cm³/mol. The first-order valence-corrected chi connectivity index (χ1v) is 11.6. The quantitative estimate of drug-likeness (QED) is 0.207. The number of aromatic nitrogens is 1. The highest BCUT2D eigenvalue weighted by atomic mass is 32.2. The van der Waals surface area contributed by atoms with Crippen LogP contribution < -0.4 is 5.63 Å². The molecule has 4 rings (SSSR count). The molecule has 1 atom stereocenters. The van der Waals surface area contributed by atoms with E-state index >= 15 is 0 Å². The third kappa shape index (κ3) is 4.33. The van der Waals surface area contributed by atoms with Gasteiger partial charge in [-0.2, -0.15) is 31.3 Å². The van der Waals surface area contributed by atoms with Crippen molar-refractivity contribution < 1.29 is 40.4 Å². The molecular formula is C22H13F6NO4S2. The third-order valence-electron chi connectivity index (χ3n) is 5.19. The van der Waals surface area contributed by atoms with Crippen LogP contribution in [-0.2, 0) is 16.8 Å². The summed E-state index contributed by atoms with van der Waals surface area (Å²) >= 11 is -2.52. The van der Waals surface area contributed by atoms with E-state index in [4.69, 9.17) is 4.42 Å². The highest BCUT2D eigenvalue weighted by Gasteiger charge is 2.72. The van der Waals surface area contributed by atoms with Gasteiger partial charge in [0.15, 0.2) is 4.90 Å². The van der Waals surface area contributed by atoms with E-state index in [1.165, 1.54) is 24.3 Å². The minimum Gasteiger partial charge on any atom is -0.605 e. The third-order valence-corrected chi connectivity index (χ3v) is 7.90. The number of thiazole rings is 1. The average molecular weight is 533 g/mol. The molecule has 1 N–H and O–H groups in total. The van der Waals surface area contributed by atoms with Crippen LogP contribution in [0.5, 0.6) is 0 Å². The van der Waals surface area contributed by atoms with Crippen molar-refractivity contribution in [3.63, 3.8) is 0 Å². The lowest BCUT2D eigenvalue weighted by Gasteiger charge is -2.30. The minimum atomic E-state index is -6.09. The molecule has 35 heavy (non-hydrogen) atoms. The van der Waals surface area contributed by atoms with Gasteiger partial charge in [0.25, 0.3) is 5.60 Å². The Morgan fingerprint density at radius 2 is 1.66 bits per heavy atom. The van der Waals surface area contributed by atoms with Gasteiger partial charge in [0.2, 0.25) is 0 Å². The summed E-state index contributed by atoms with van der Waals surface area (Å²) in [6.07, 6.45) is -12.0. The van der Waals surface area contributed by atoms with Crippen molar-refractivity contribution >= 4 is 33.5 Å². The number of benzene rings is 2. The number of fused-ring (bicyclic) bond motifs is 1. The molecule has 0 fully saturated rings. The van der Waals surface area contributed by atoms with Crippen molar-refractivity contribution in [1.82, 2.24) is 4.98 Å². The van der Waals surface area contributed by atoms with E-state index in [-0.39, 0.29) is 28.0 Å². The summed E-state index contributed by atoms with van der Waals surface area (Å²) in [6.45, 7) is 1.84. The molecule has 0 saturated heterocycles. The van der Waals surface area contributed by atoms with Crippen LogP contribution in [0.2, 0.25) is 0 Å². The van der Waals surface area contributed by atoms with Crippen molar-refractivity contribution in [1.29, 1.82) is 0 Å². The van der Waals surface area contributed by atoms with Gasteiger partial charge >= 0.3 is 22.3 Å². The van der Waals surface area contributed by atoms with E-state index in [0.29, 0.717) is 10.9 Å². The molecule has 0 spiro atoms. The summed E-state index contributed by atoms with van der Waals surface area (Å²) in [6, 6.07) is 12.5. The molecule has 5 nitrogen and oxygen atoms in total. The standard InChI is InChI=1S/C22H13F6NO4S2/c1-11-4-2-3-5-13(11)15-9-18(30)33-16-8-12(6-7-14(15)16)35(32)19-29-10-17(34-19)20(31,21(23,24)25)22(26,27)28/h2-10,31H,1H3. The zero-order valence-corrected chi connectivity index (χ0v) is 19.0. The van der Waals surface area contributed by atoms with Crippen LogP contribution >= 0.6 is 11.3 Å². The van der Waals surface area contributed by atoms with Gasteiger partial charge in [-0.05, 0) is 30.2 Å². The van der Waals surface area contributed by atoms with Gasteiger partial charge in [0.05, 0.1) is 22.2 Å². The van der Waals surface area contributed by atoms with Crippen LogP contribution in [-0.4, -0.2) is 27.0 Å². The van der Waals surface area contributed by atoms with Crippen LogP contribution in [0.25, 0.3) is 22.1 Å². The lowest BCUT2D eigenvalue weighted by Crippen LogP contribution is -2.53. The molecule has 2 aromatic carbocycles. The molecule has 0 radical (unpaired) electrons. The summed E-state index contributed by atoms with van der Waals surface area (Å²) in [5.41, 5.74) is -3.73. The van der Waals surface area contributed by atoms with E-state index < -0.39 is 44.0 Å². The molecule has 184 valence electrons. The van der Waals surface area contributed by atoms with E-state index in [9.17, 15) is 40.8 Å². The predicted octanol–water partition coefficient (Wildman–Crippen LogP) is 5.70. The molecule has 4 aromatic rings. The lowest BCUT2D eigenvalue weighted by atomic mass is 9.98. The first-order chi connectivity index (χ1) is 16.2.